The van der Waals surface area contributed by atoms with Crippen LogP contribution < -0.4 is 0 Å². The molecule has 0 atom stereocenters. The number of pyridine rings is 1. The van der Waals surface area contributed by atoms with Crippen LogP contribution in [0.4, 0.5) is 0 Å². The lowest BCUT2D eigenvalue weighted by Gasteiger charge is -2.11. The van der Waals surface area contributed by atoms with Gasteiger partial charge in [0.05, 0.1) is 0 Å². The molecule has 2 rings (SSSR count). The van der Waals surface area contributed by atoms with Crippen molar-refractivity contribution in [3.05, 3.63) is 59.9 Å². The van der Waals surface area contributed by atoms with Gasteiger partial charge in [0, 0.05) is 30.6 Å². The zero-order valence-electron chi connectivity index (χ0n) is 13.1. The Kier molecular flexibility index (Phi) is 5.07. The Bertz CT molecular complexity index is 706. The first-order chi connectivity index (χ1) is 10.5. The number of carboxylic acid groups (broad SMARTS) is 1. The highest BCUT2D eigenvalue weighted by atomic mass is 16.4. The Balaban J connectivity index is 2.35. The molecule has 1 heterocycles. The second-order valence-corrected chi connectivity index (χ2v) is 5.57. The molecular weight excluding hydrogens is 276 g/mol. The van der Waals surface area contributed by atoms with Crippen molar-refractivity contribution < 1.29 is 9.90 Å². The number of carboxylic acids is 1. The van der Waals surface area contributed by atoms with Gasteiger partial charge in [-0.1, -0.05) is 18.2 Å². The highest BCUT2D eigenvalue weighted by molar-refractivity contribution is 5.89. The molecule has 0 fully saturated rings. The van der Waals surface area contributed by atoms with Crippen molar-refractivity contribution in [3.8, 4) is 11.1 Å². The summed E-state index contributed by atoms with van der Waals surface area (Å²) in [4.78, 5) is 17.1. The first-order valence-electron chi connectivity index (χ1n) is 7.06. The van der Waals surface area contributed by atoms with Crippen molar-refractivity contribution in [2.75, 3.05) is 14.1 Å². The summed E-state index contributed by atoms with van der Waals surface area (Å²) in [5.41, 5.74) is 4.79. The van der Waals surface area contributed by atoms with Crippen LogP contribution >= 0.6 is 0 Å². The quantitative estimate of drug-likeness (QED) is 0.860. The molecule has 0 saturated carbocycles. The third-order valence-electron chi connectivity index (χ3n) is 3.29. The summed E-state index contributed by atoms with van der Waals surface area (Å²) in [6.45, 7) is 2.65. The molecule has 0 amide bonds. The molecule has 4 nitrogen and oxygen atoms in total. The van der Waals surface area contributed by atoms with Crippen LogP contribution in [0.15, 0.2) is 48.8 Å². The van der Waals surface area contributed by atoms with Crippen molar-refractivity contribution in [2.45, 2.75) is 13.5 Å². The molecule has 1 N–H and O–H groups in total. The van der Waals surface area contributed by atoms with Crippen molar-refractivity contribution in [3.63, 3.8) is 0 Å². The maximum Gasteiger partial charge on any atom is 0.328 e. The van der Waals surface area contributed by atoms with Crippen LogP contribution in [0.3, 0.4) is 0 Å². The average Bonchev–Trinajstić information content (AvgIpc) is 2.46. The number of allylic oxidation sites excluding steroid dienone is 1. The van der Waals surface area contributed by atoms with Crippen LogP contribution in [-0.2, 0) is 11.3 Å². The summed E-state index contributed by atoms with van der Waals surface area (Å²) in [5, 5.41) is 8.85. The summed E-state index contributed by atoms with van der Waals surface area (Å²) in [7, 11) is 4.07. The van der Waals surface area contributed by atoms with E-state index in [1.165, 1.54) is 11.6 Å². The molecule has 0 aliphatic heterocycles. The standard InChI is InChI=1S/C18H20N2O2/c1-13(7-18(21)22)16-9-17(11-19-10-16)15-6-4-5-14(8-15)12-20(2)3/h4-11H,12H2,1-3H3,(H,21,22)/b13-7+. The van der Waals surface area contributed by atoms with Crippen molar-refractivity contribution in [1.29, 1.82) is 0 Å². The van der Waals surface area contributed by atoms with Crippen LogP contribution in [0.2, 0.25) is 0 Å². The van der Waals surface area contributed by atoms with Crippen LogP contribution in [0, 0.1) is 0 Å². The Morgan fingerprint density at radius 1 is 1.23 bits per heavy atom. The number of nitrogens with zero attached hydrogens (tertiary/aromatic N) is 2. The van der Waals surface area contributed by atoms with E-state index in [9.17, 15) is 4.79 Å². The molecule has 0 spiro atoms. The van der Waals surface area contributed by atoms with Gasteiger partial charge in [-0.3, -0.25) is 4.98 Å². The molecule has 0 bridgehead atoms. The van der Waals surface area contributed by atoms with Crippen LogP contribution in [0.5, 0.6) is 0 Å². The predicted molar refractivity (Wildman–Crippen MR) is 88.4 cm³/mol. The minimum absolute atomic E-state index is 0.686. The summed E-state index contributed by atoms with van der Waals surface area (Å²) in [6, 6.07) is 10.3. The van der Waals surface area contributed by atoms with Gasteiger partial charge in [0.25, 0.3) is 0 Å². The SMILES string of the molecule is C/C(=C\C(=O)O)c1cncc(-c2cccc(CN(C)C)c2)c1. The monoisotopic (exact) mass is 296 g/mol. The van der Waals surface area contributed by atoms with E-state index in [-0.39, 0.29) is 0 Å². The molecule has 1 aromatic heterocycles. The molecule has 0 saturated heterocycles. The highest BCUT2D eigenvalue weighted by Crippen LogP contribution is 2.23. The molecular formula is C18H20N2O2. The number of hydrogen-bond acceptors (Lipinski definition) is 3. The first-order valence-corrected chi connectivity index (χ1v) is 7.06. The molecule has 0 unspecified atom stereocenters. The first kappa shape index (κ1) is 15.9. The molecule has 0 radical (unpaired) electrons. The Labute approximate surface area is 130 Å². The number of aliphatic carboxylic acids is 1. The number of aromatic nitrogens is 1. The number of hydrogen-bond donors (Lipinski definition) is 1. The number of benzene rings is 1. The molecule has 1 aromatic carbocycles. The van der Waals surface area contributed by atoms with Gasteiger partial charge >= 0.3 is 5.97 Å². The third kappa shape index (κ3) is 4.27. The van der Waals surface area contributed by atoms with Crippen molar-refractivity contribution in [2.24, 2.45) is 0 Å². The van der Waals surface area contributed by atoms with Crippen molar-refractivity contribution in [1.82, 2.24) is 9.88 Å². The smallest absolute Gasteiger partial charge is 0.328 e. The summed E-state index contributed by atoms with van der Waals surface area (Å²) < 4.78 is 0. The summed E-state index contributed by atoms with van der Waals surface area (Å²) >= 11 is 0. The van der Waals surface area contributed by atoms with Gasteiger partial charge in [-0.25, -0.2) is 4.79 Å². The van der Waals surface area contributed by atoms with Gasteiger partial charge in [0.15, 0.2) is 0 Å². The van der Waals surface area contributed by atoms with Gasteiger partial charge in [-0.2, -0.15) is 0 Å². The van der Waals surface area contributed by atoms with Gasteiger partial charge in [-0.05, 0) is 55.4 Å². The average molecular weight is 296 g/mol. The summed E-state index contributed by atoms with van der Waals surface area (Å²) in [6.07, 6.45) is 4.68. The summed E-state index contributed by atoms with van der Waals surface area (Å²) in [5.74, 6) is -0.948. The second-order valence-electron chi connectivity index (χ2n) is 5.57. The maximum absolute atomic E-state index is 10.8. The predicted octanol–water partition coefficient (Wildman–Crippen LogP) is 3.30. The fourth-order valence-electron chi connectivity index (χ4n) is 2.30. The molecule has 114 valence electrons. The zero-order chi connectivity index (χ0) is 16.1. The highest BCUT2D eigenvalue weighted by Gasteiger charge is 2.04. The number of rotatable bonds is 5. The fourth-order valence-corrected chi connectivity index (χ4v) is 2.30. The van der Waals surface area contributed by atoms with Gasteiger partial charge in [0.1, 0.15) is 0 Å². The van der Waals surface area contributed by atoms with E-state index >= 15 is 0 Å². The van der Waals surface area contributed by atoms with Crippen LogP contribution in [0.25, 0.3) is 16.7 Å². The van der Waals surface area contributed by atoms with Crippen LogP contribution in [0.1, 0.15) is 18.1 Å². The Morgan fingerprint density at radius 3 is 2.68 bits per heavy atom. The second kappa shape index (κ2) is 7.00. The minimum Gasteiger partial charge on any atom is -0.478 e. The lowest BCUT2D eigenvalue weighted by Crippen LogP contribution is -2.10. The fraction of sp³-hybridized carbons (Fsp3) is 0.222. The van der Waals surface area contributed by atoms with E-state index in [1.54, 1.807) is 19.3 Å². The van der Waals surface area contributed by atoms with E-state index < -0.39 is 5.97 Å². The molecule has 22 heavy (non-hydrogen) atoms. The molecule has 2 aromatic rings. The van der Waals surface area contributed by atoms with E-state index in [0.717, 1.165) is 23.2 Å². The molecule has 0 aliphatic carbocycles. The largest absolute Gasteiger partial charge is 0.478 e. The normalized spacial score (nSPS) is 11.7. The van der Waals surface area contributed by atoms with Gasteiger partial charge in [-0.15, -0.1) is 0 Å². The Morgan fingerprint density at radius 2 is 2.00 bits per heavy atom. The van der Waals surface area contributed by atoms with Gasteiger partial charge in [0.2, 0.25) is 0 Å². The van der Waals surface area contributed by atoms with Gasteiger partial charge < -0.3 is 10.0 Å². The molecule has 0 aliphatic rings. The third-order valence-corrected chi connectivity index (χ3v) is 3.29. The maximum atomic E-state index is 10.8. The van der Waals surface area contributed by atoms with E-state index in [2.05, 4.69) is 22.0 Å². The van der Waals surface area contributed by atoms with Crippen LogP contribution in [-0.4, -0.2) is 35.1 Å². The van der Waals surface area contributed by atoms with E-state index in [4.69, 9.17) is 5.11 Å². The number of carbonyl (C=O) groups is 1. The lowest BCUT2D eigenvalue weighted by atomic mass is 10.0. The zero-order valence-corrected chi connectivity index (χ0v) is 13.1. The molecule has 4 heteroatoms. The minimum atomic E-state index is -0.948. The van der Waals surface area contributed by atoms with E-state index in [1.807, 2.05) is 32.3 Å². The topological polar surface area (TPSA) is 53.4 Å². The van der Waals surface area contributed by atoms with Crippen molar-refractivity contribution >= 4 is 11.5 Å². The lowest BCUT2D eigenvalue weighted by molar-refractivity contribution is -0.131. The van der Waals surface area contributed by atoms with E-state index in [0.29, 0.717) is 5.57 Å². The Hall–Kier alpha value is -2.46.